The fourth-order valence-corrected chi connectivity index (χ4v) is 3.05. The van der Waals surface area contributed by atoms with Crippen LogP contribution in [0, 0.1) is 0 Å². The lowest BCUT2D eigenvalue weighted by Crippen LogP contribution is -2.09. The van der Waals surface area contributed by atoms with Crippen molar-refractivity contribution in [2.45, 2.75) is 6.42 Å². The van der Waals surface area contributed by atoms with Crippen LogP contribution in [-0.2, 0) is 11.0 Å². The molecule has 1 atom stereocenters. The molecule has 4 aliphatic heterocycles. The van der Waals surface area contributed by atoms with E-state index in [0.29, 0.717) is 6.61 Å². The highest BCUT2D eigenvalue weighted by Gasteiger charge is 2.23. The Hall–Kier alpha value is -1.66. The van der Waals surface area contributed by atoms with Crippen molar-refractivity contribution >= 4 is 18.4 Å². The van der Waals surface area contributed by atoms with Gasteiger partial charge < -0.3 is 4.74 Å². The fraction of sp³-hybridized carbons (Fsp3) is 0.143. The molecule has 84 valence electrons. The highest BCUT2D eigenvalue weighted by Crippen LogP contribution is 2.22. The molecule has 17 heavy (non-hydrogen) atoms. The Kier molecular flexibility index (Phi) is 2.66. The van der Waals surface area contributed by atoms with Crippen LogP contribution in [0.5, 0.6) is 5.75 Å². The molecule has 0 saturated carbocycles. The molecule has 2 aromatic rings. The van der Waals surface area contributed by atoms with Crippen molar-refractivity contribution in [2.24, 2.45) is 0 Å². The molecule has 0 spiro atoms. The largest absolute Gasteiger partial charge is 0.493 e. The van der Waals surface area contributed by atoms with Crippen molar-refractivity contribution in [3.05, 3.63) is 54.1 Å². The fourth-order valence-electron chi connectivity index (χ4n) is 1.91. The molecule has 0 aromatic heterocycles. The second-order valence-electron chi connectivity index (χ2n) is 4.05. The van der Waals surface area contributed by atoms with Crippen molar-refractivity contribution in [2.75, 3.05) is 6.61 Å². The van der Waals surface area contributed by atoms with Gasteiger partial charge in [0.1, 0.15) is 5.75 Å². The summed E-state index contributed by atoms with van der Waals surface area (Å²) in [7, 11) is -1.48. The standard InChI is InChI=1S/C14H12O2P/c15-17-13-5-1-11(2-6-13)9-10-16-12-3-7-14(17)8-4-12/h1-8H,9-10H2/q+1. The number of hydrogen-bond donors (Lipinski definition) is 0. The van der Waals surface area contributed by atoms with E-state index in [1.54, 1.807) is 0 Å². The molecular formula is C14H12O2P+. The van der Waals surface area contributed by atoms with Crippen molar-refractivity contribution < 1.29 is 9.30 Å². The molecule has 0 radical (unpaired) electrons. The SMILES string of the molecule is O=[P+]1c2ccc(cc2)CCOc2ccc1cc2. The third-order valence-corrected chi connectivity index (χ3v) is 4.44. The monoisotopic (exact) mass is 243 g/mol. The highest BCUT2D eigenvalue weighted by atomic mass is 31.1. The number of benzene rings is 2. The van der Waals surface area contributed by atoms with Crippen molar-refractivity contribution in [1.29, 1.82) is 0 Å². The first kappa shape index (κ1) is 10.5. The quantitative estimate of drug-likeness (QED) is 0.664. The zero-order chi connectivity index (χ0) is 11.7. The maximum atomic E-state index is 12.3. The average Bonchev–Trinajstić information content (AvgIpc) is 2.38. The van der Waals surface area contributed by atoms with E-state index in [9.17, 15) is 4.57 Å². The normalized spacial score (nSPS) is 16.1. The molecule has 2 nitrogen and oxygen atoms in total. The van der Waals surface area contributed by atoms with E-state index in [2.05, 4.69) is 0 Å². The summed E-state index contributed by atoms with van der Waals surface area (Å²) in [6.45, 7) is 0.671. The van der Waals surface area contributed by atoms with Gasteiger partial charge in [0, 0.05) is 6.42 Å². The van der Waals surface area contributed by atoms with Crippen molar-refractivity contribution in [1.82, 2.24) is 0 Å². The maximum Gasteiger partial charge on any atom is 0.415 e. The molecule has 1 unspecified atom stereocenters. The van der Waals surface area contributed by atoms with Gasteiger partial charge in [0.05, 0.1) is 6.61 Å². The smallest absolute Gasteiger partial charge is 0.415 e. The van der Waals surface area contributed by atoms with Gasteiger partial charge in [-0.1, -0.05) is 16.7 Å². The molecule has 0 N–H and O–H groups in total. The lowest BCUT2D eigenvalue weighted by Gasteiger charge is -2.07. The van der Waals surface area contributed by atoms with Crippen LogP contribution in [0.25, 0.3) is 0 Å². The Bertz CT molecular complexity index is 494. The molecule has 3 heteroatoms. The highest BCUT2D eigenvalue weighted by molar-refractivity contribution is 7.61. The lowest BCUT2D eigenvalue weighted by molar-refractivity contribution is 0.322. The van der Waals surface area contributed by atoms with Gasteiger partial charge in [0.15, 0.2) is 10.6 Å². The van der Waals surface area contributed by atoms with Crippen LogP contribution in [0.15, 0.2) is 48.5 Å². The van der Waals surface area contributed by atoms with Crippen LogP contribution >= 0.6 is 7.80 Å². The molecule has 6 rings (SSSR count). The minimum absolute atomic E-state index is 0.671. The first-order valence-corrected chi connectivity index (χ1v) is 6.88. The third kappa shape index (κ3) is 2.09. The molecule has 0 amide bonds. The average molecular weight is 243 g/mol. The predicted octanol–water partition coefficient (Wildman–Crippen LogP) is 2.40. The third-order valence-electron chi connectivity index (χ3n) is 2.90. The zero-order valence-electron chi connectivity index (χ0n) is 9.30. The number of ether oxygens (including phenoxy) is 1. The van der Waals surface area contributed by atoms with Gasteiger partial charge >= 0.3 is 7.80 Å². The van der Waals surface area contributed by atoms with Gasteiger partial charge in [-0.05, 0) is 42.0 Å². The molecule has 4 bridgehead atoms. The topological polar surface area (TPSA) is 26.3 Å². The summed E-state index contributed by atoms with van der Waals surface area (Å²) in [5.74, 6) is 0.840. The van der Waals surface area contributed by atoms with E-state index in [1.807, 2.05) is 48.5 Å². The summed E-state index contributed by atoms with van der Waals surface area (Å²) < 4.78 is 17.9. The minimum atomic E-state index is -1.48. The van der Waals surface area contributed by atoms with Crippen molar-refractivity contribution in [3.8, 4) is 5.75 Å². The minimum Gasteiger partial charge on any atom is -0.493 e. The van der Waals surface area contributed by atoms with Gasteiger partial charge in [-0.25, -0.2) is 0 Å². The maximum absolute atomic E-state index is 12.3. The van der Waals surface area contributed by atoms with E-state index in [1.165, 1.54) is 5.56 Å². The second kappa shape index (κ2) is 4.31. The van der Waals surface area contributed by atoms with E-state index in [4.69, 9.17) is 4.74 Å². The molecule has 0 fully saturated rings. The summed E-state index contributed by atoms with van der Waals surface area (Å²) in [5.41, 5.74) is 1.21. The first-order chi connectivity index (χ1) is 8.33. The zero-order valence-corrected chi connectivity index (χ0v) is 10.2. The molecule has 0 aliphatic carbocycles. The van der Waals surface area contributed by atoms with E-state index < -0.39 is 7.80 Å². The number of hydrogen-bond acceptors (Lipinski definition) is 2. The molecule has 4 aliphatic rings. The molecule has 2 aromatic carbocycles. The summed E-state index contributed by atoms with van der Waals surface area (Å²) in [6.07, 6.45) is 0.874. The van der Waals surface area contributed by atoms with Crippen LogP contribution in [0.4, 0.5) is 0 Å². The van der Waals surface area contributed by atoms with Crippen LogP contribution in [0.1, 0.15) is 5.56 Å². The Labute approximate surface area is 101 Å². The van der Waals surface area contributed by atoms with Gasteiger partial charge in [0.2, 0.25) is 0 Å². The van der Waals surface area contributed by atoms with Crippen LogP contribution in [-0.4, -0.2) is 6.61 Å². The summed E-state index contributed by atoms with van der Waals surface area (Å²) in [4.78, 5) is 0. The predicted molar refractivity (Wildman–Crippen MR) is 69.0 cm³/mol. The van der Waals surface area contributed by atoms with Crippen molar-refractivity contribution in [3.63, 3.8) is 0 Å². The van der Waals surface area contributed by atoms with Gasteiger partial charge in [-0.15, -0.1) is 0 Å². The van der Waals surface area contributed by atoms with Crippen LogP contribution in [0.3, 0.4) is 0 Å². The van der Waals surface area contributed by atoms with E-state index in [-0.39, 0.29) is 0 Å². The lowest BCUT2D eigenvalue weighted by atomic mass is 10.2. The Morgan fingerprint density at radius 3 is 2.12 bits per heavy atom. The molecule has 4 heterocycles. The Balaban J connectivity index is 2.11. The summed E-state index contributed by atoms with van der Waals surface area (Å²) in [5, 5.41) is 1.73. The first-order valence-electron chi connectivity index (χ1n) is 5.62. The van der Waals surface area contributed by atoms with Crippen LogP contribution in [0.2, 0.25) is 0 Å². The summed E-state index contributed by atoms with van der Waals surface area (Å²) >= 11 is 0. The summed E-state index contributed by atoms with van der Waals surface area (Å²) in [6, 6.07) is 15.5. The molecule has 0 saturated heterocycles. The van der Waals surface area contributed by atoms with E-state index >= 15 is 0 Å². The molecular weight excluding hydrogens is 231 g/mol. The van der Waals surface area contributed by atoms with E-state index in [0.717, 1.165) is 22.8 Å². The van der Waals surface area contributed by atoms with Gasteiger partial charge in [0.25, 0.3) is 0 Å². The van der Waals surface area contributed by atoms with Gasteiger partial charge in [-0.2, -0.15) is 0 Å². The number of rotatable bonds is 0. The van der Waals surface area contributed by atoms with Crippen LogP contribution < -0.4 is 15.3 Å². The Morgan fingerprint density at radius 1 is 0.882 bits per heavy atom. The van der Waals surface area contributed by atoms with Gasteiger partial charge in [-0.3, -0.25) is 0 Å². The second-order valence-corrected chi connectivity index (χ2v) is 5.67. The Morgan fingerprint density at radius 2 is 1.47 bits per heavy atom.